The lowest BCUT2D eigenvalue weighted by Gasteiger charge is -2.12. The van der Waals surface area contributed by atoms with Crippen molar-refractivity contribution in [3.05, 3.63) is 45.0 Å². The molecular weight excluding hydrogens is 323 g/mol. The fourth-order valence-corrected chi connectivity index (χ4v) is 2.41. The van der Waals surface area contributed by atoms with Crippen LogP contribution in [0.1, 0.15) is 10.4 Å². The van der Waals surface area contributed by atoms with E-state index in [-0.39, 0.29) is 22.0 Å². The number of nitrogen functional groups attached to an aromatic ring is 1. The Bertz CT molecular complexity index is 690. The number of hydrogen-bond donors (Lipinski definition) is 1. The average Bonchev–Trinajstić information content (AvgIpc) is 2.44. The normalized spacial score (nSPS) is 10.4. The standard InChI is InChI=1S/C13H9Cl3N2O2/c1-20-13(19)6-4-5-18-12(11(6)17)9-7(14)2-3-8(15)10(9)16/h2-5H,17H2,1H3. The molecule has 0 radical (unpaired) electrons. The molecule has 0 fully saturated rings. The Balaban J connectivity index is 2.72. The fraction of sp³-hybridized carbons (Fsp3) is 0.0769. The summed E-state index contributed by atoms with van der Waals surface area (Å²) in [7, 11) is 1.27. The highest BCUT2D eigenvalue weighted by Gasteiger charge is 2.20. The summed E-state index contributed by atoms with van der Waals surface area (Å²) >= 11 is 18.2. The van der Waals surface area contributed by atoms with Crippen molar-refractivity contribution in [2.45, 2.75) is 0 Å². The van der Waals surface area contributed by atoms with Crippen molar-refractivity contribution >= 4 is 46.5 Å². The number of carbonyl (C=O) groups is 1. The highest BCUT2D eigenvalue weighted by Crippen LogP contribution is 2.40. The van der Waals surface area contributed by atoms with Crippen LogP contribution in [0.4, 0.5) is 5.69 Å². The number of nitrogens with two attached hydrogens (primary N) is 1. The van der Waals surface area contributed by atoms with Gasteiger partial charge in [0.15, 0.2) is 0 Å². The van der Waals surface area contributed by atoms with Gasteiger partial charge in [-0.1, -0.05) is 34.8 Å². The third-order valence-corrected chi connectivity index (χ3v) is 3.80. The summed E-state index contributed by atoms with van der Waals surface area (Å²) in [5.74, 6) is -0.569. The predicted molar refractivity (Wildman–Crippen MR) is 80.5 cm³/mol. The topological polar surface area (TPSA) is 65.2 Å². The minimum absolute atomic E-state index is 0.130. The molecule has 7 heteroatoms. The number of benzene rings is 1. The van der Waals surface area contributed by atoms with Crippen molar-refractivity contribution < 1.29 is 9.53 Å². The number of anilines is 1. The van der Waals surface area contributed by atoms with Gasteiger partial charge in [0.1, 0.15) is 0 Å². The number of hydrogen-bond acceptors (Lipinski definition) is 4. The largest absolute Gasteiger partial charge is 0.465 e. The second-order valence-corrected chi connectivity index (χ2v) is 5.02. The molecule has 0 aliphatic heterocycles. The van der Waals surface area contributed by atoms with E-state index in [1.54, 1.807) is 12.1 Å². The molecule has 0 saturated heterocycles. The number of ether oxygens (including phenoxy) is 1. The predicted octanol–water partition coefficient (Wildman–Crippen LogP) is 4.08. The van der Waals surface area contributed by atoms with Crippen LogP contribution in [0.25, 0.3) is 11.3 Å². The zero-order chi connectivity index (χ0) is 14.9. The van der Waals surface area contributed by atoms with Crippen LogP contribution in [0.15, 0.2) is 24.4 Å². The van der Waals surface area contributed by atoms with Crippen molar-refractivity contribution in [1.82, 2.24) is 4.98 Å². The monoisotopic (exact) mass is 330 g/mol. The van der Waals surface area contributed by atoms with Crippen LogP contribution in [0, 0.1) is 0 Å². The van der Waals surface area contributed by atoms with Crippen molar-refractivity contribution in [3.8, 4) is 11.3 Å². The third kappa shape index (κ3) is 2.54. The number of nitrogens with zero attached hydrogens (tertiary/aromatic N) is 1. The molecule has 2 aromatic rings. The van der Waals surface area contributed by atoms with Crippen LogP contribution in [0.2, 0.25) is 15.1 Å². The van der Waals surface area contributed by atoms with Crippen molar-refractivity contribution in [1.29, 1.82) is 0 Å². The van der Waals surface area contributed by atoms with Gasteiger partial charge in [0.2, 0.25) is 0 Å². The first kappa shape index (κ1) is 14.9. The van der Waals surface area contributed by atoms with E-state index in [0.717, 1.165) is 0 Å². The van der Waals surface area contributed by atoms with Crippen LogP contribution in [-0.2, 0) is 4.74 Å². The molecule has 0 aliphatic carbocycles. The SMILES string of the molecule is COC(=O)c1ccnc(-c2c(Cl)ccc(Cl)c2Cl)c1N. The molecule has 0 spiro atoms. The summed E-state index contributed by atoms with van der Waals surface area (Å²) in [4.78, 5) is 15.8. The Kier molecular flexibility index (Phi) is 4.38. The van der Waals surface area contributed by atoms with E-state index in [1.165, 1.54) is 19.4 Å². The minimum atomic E-state index is -0.569. The van der Waals surface area contributed by atoms with E-state index in [1.807, 2.05) is 0 Å². The van der Waals surface area contributed by atoms with Crippen LogP contribution in [0.5, 0.6) is 0 Å². The molecule has 0 amide bonds. The Morgan fingerprint density at radius 3 is 2.50 bits per heavy atom. The smallest absolute Gasteiger partial charge is 0.340 e. The number of pyridine rings is 1. The highest BCUT2D eigenvalue weighted by molar-refractivity contribution is 6.46. The van der Waals surface area contributed by atoms with Crippen molar-refractivity contribution in [2.24, 2.45) is 0 Å². The zero-order valence-electron chi connectivity index (χ0n) is 10.3. The van der Waals surface area contributed by atoms with Gasteiger partial charge in [0, 0.05) is 11.8 Å². The van der Waals surface area contributed by atoms with E-state index >= 15 is 0 Å². The summed E-state index contributed by atoms with van der Waals surface area (Å²) in [6, 6.07) is 4.60. The molecule has 20 heavy (non-hydrogen) atoms. The van der Waals surface area contributed by atoms with Crippen LogP contribution in [0.3, 0.4) is 0 Å². The number of esters is 1. The molecule has 0 bridgehead atoms. The molecule has 0 saturated carbocycles. The van der Waals surface area contributed by atoms with Crippen LogP contribution < -0.4 is 5.73 Å². The second-order valence-electron chi connectivity index (χ2n) is 3.83. The fourth-order valence-electron chi connectivity index (χ4n) is 1.70. The zero-order valence-corrected chi connectivity index (χ0v) is 12.6. The first-order chi connectivity index (χ1) is 9.47. The molecule has 4 nitrogen and oxygen atoms in total. The Morgan fingerprint density at radius 1 is 1.20 bits per heavy atom. The van der Waals surface area contributed by atoms with E-state index in [0.29, 0.717) is 15.6 Å². The van der Waals surface area contributed by atoms with Crippen molar-refractivity contribution in [2.75, 3.05) is 12.8 Å². The lowest BCUT2D eigenvalue weighted by molar-refractivity contribution is 0.0602. The molecule has 0 aliphatic rings. The number of aromatic nitrogens is 1. The summed E-state index contributed by atoms with van der Waals surface area (Å²) in [6.45, 7) is 0. The molecule has 1 aromatic carbocycles. The van der Waals surface area contributed by atoms with Gasteiger partial charge in [-0.15, -0.1) is 0 Å². The quantitative estimate of drug-likeness (QED) is 0.665. The average molecular weight is 332 g/mol. The van der Waals surface area contributed by atoms with Gasteiger partial charge in [-0.3, -0.25) is 4.98 Å². The number of methoxy groups -OCH3 is 1. The van der Waals surface area contributed by atoms with Gasteiger partial charge >= 0.3 is 5.97 Å². The van der Waals surface area contributed by atoms with Gasteiger partial charge in [-0.25, -0.2) is 4.79 Å². The van der Waals surface area contributed by atoms with Crippen LogP contribution in [-0.4, -0.2) is 18.1 Å². The highest BCUT2D eigenvalue weighted by atomic mass is 35.5. The molecule has 1 aromatic heterocycles. The second kappa shape index (κ2) is 5.87. The molecule has 0 atom stereocenters. The van der Waals surface area contributed by atoms with Crippen molar-refractivity contribution in [3.63, 3.8) is 0 Å². The molecule has 104 valence electrons. The number of halogens is 3. The molecular formula is C13H9Cl3N2O2. The van der Waals surface area contributed by atoms with Gasteiger partial charge in [0.25, 0.3) is 0 Å². The maximum Gasteiger partial charge on any atom is 0.340 e. The first-order valence-electron chi connectivity index (χ1n) is 5.44. The number of rotatable bonds is 2. The third-order valence-electron chi connectivity index (χ3n) is 2.68. The summed E-state index contributed by atoms with van der Waals surface area (Å²) in [5.41, 5.74) is 6.93. The molecule has 2 N–H and O–H groups in total. The molecule has 0 unspecified atom stereocenters. The van der Waals surface area contributed by atoms with Gasteiger partial charge < -0.3 is 10.5 Å². The summed E-state index contributed by atoms with van der Waals surface area (Å²) < 4.78 is 4.65. The number of carbonyl (C=O) groups excluding carboxylic acids is 1. The maximum absolute atomic E-state index is 11.6. The Hall–Kier alpha value is -1.49. The first-order valence-corrected chi connectivity index (χ1v) is 6.57. The lowest BCUT2D eigenvalue weighted by atomic mass is 10.1. The van der Waals surface area contributed by atoms with E-state index in [4.69, 9.17) is 40.5 Å². The van der Waals surface area contributed by atoms with Gasteiger partial charge in [-0.2, -0.15) is 0 Å². The lowest BCUT2D eigenvalue weighted by Crippen LogP contribution is -2.08. The van der Waals surface area contributed by atoms with E-state index in [9.17, 15) is 4.79 Å². The van der Waals surface area contributed by atoms with Gasteiger partial charge in [0.05, 0.1) is 39.1 Å². The van der Waals surface area contributed by atoms with Gasteiger partial charge in [-0.05, 0) is 18.2 Å². The van der Waals surface area contributed by atoms with Crippen LogP contribution >= 0.6 is 34.8 Å². The molecule has 2 rings (SSSR count). The molecule has 1 heterocycles. The Labute approximate surface area is 130 Å². The minimum Gasteiger partial charge on any atom is -0.465 e. The summed E-state index contributed by atoms with van der Waals surface area (Å²) in [6.07, 6.45) is 1.42. The van der Waals surface area contributed by atoms with E-state index < -0.39 is 5.97 Å². The summed E-state index contributed by atoms with van der Waals surface area (Å²) in [5, 5.41) is 0.872. The Morgan fingerprint density at radius 2 is 1.85 bits per heavy atom. The maximum atomic E-state index is 11.6. The van der Waals surface area contributed by atoms with E-state index in [2.05, 4.69) is 9.72 Å².